The van der Waals surface area contributed by atoms with Crippen molar-refractivity contribution in [2.75, 3.05) is 26.2 Å². The van der Waals surface area contributed by atoms with Gasteiger partial charge >= 0.3 is 6.09 Å². The van der Waals surface area contributed by atoms with Crippen LogP contribution in [0.4, 0.5) is 4.79 Å². The van der Waals surface area contributed by atoms with E-state index in [9.17, 15) is 9.59 Å². The average molecular weight is 236 g/mol. The van der Waals surface area contributed by atoms with Crippen LogP contribution in [-0.4, -0.2) is 53.1 Å². The van der Waals surface area contributed by atoms with Gasteiger partial charge in [-0.2, -0.15) is 0 Å². The zero-order chi connectivity index (χ0) is 12.1. The van der Waals surface area contributed by atoms with E-state index in [2.05, 4.69) is 15.3 Å². The number of amides is 2. The molecule has 7 nitrogen and oxygen atoms in total. The van der Waals surface area contributed by atoms with Gasteiger partial charge in [-0.25, -0.2) is 9.78 Å². The molecule has 1 N–H and O–H groups in total. The molecule has 0 atom stereocenters. The second-order valence-electron chi connectivity index (χ2n) is 3.45. The van der Waals surface area contributed by atoms with Crippen molar-refractivity contribution in [2.45, 2.75) is 0 Å². The minimum absolute atomic E-state index is 0.261. The largest absolute Gasteiger partial charge is 0.448 e. The molecule has 1 aromatic heterocycles. The highest BCUT2D eigenvalue weighted by atomic mass is 16.6. The molecule has 2 rings (SSSR count). The Morgan fingerprint density at radius 3 is 3.06 bits per heavy atom. The van der Waals surface area contributed by atoms with E-state index in [4.69, 9.17) is 4.74 Å². The monoisotopic (exact) mass is 236 g/mol. The number of rotatable bonds is 4. The van der Waals surface area contributed by atoms with Crippen LogP contribution in [0.5, 0.6) is 0 Å². The van der Waals surface area contributed by atoms with Gasteiger partial charge < -0.3 is 15.0 Å². The molecule has 0 aromatic carbocycles. The van der Waals surface area contributed by atoms with Gasteiger partial charge in [0.25, 0.3) is 5.91 Å². The van der Waals surface area contributed by atoms with Crippen LogP contribution in [0.25, 0.3) is 0 Å². The van der Waals surface area contributed by atoms with E-state index < -0.39 is 0 Å². The van der Waals surface area contributed by atoms with Crippen molar-refractivity contribution in [1.82, 2.24) is 20.2 Å². The van der Waals surface area contributed by atoms with Gasteiger partial charge in [-0.15, -0.1) is 0 Å². The number of carbonyl (C=O) groups excluding carboxylic acids is 2. The molecule has 1 saturated heterocycles. The average Bonchev–Trinajstić information content (AvgIpc) is 2.76. The topological polar surface area (TPSA) is 84.4 Å². The zero-order valence-electron chi connectivity index (χ0n) is 9.13. The maximum Gasteiger partial charge on any atom is 0.409 e. The smallest absolute Gasteiger partial charge is 0.409 e. The van der Waals surface area contributed by atoms with Crippen LogP contribution in [0.2, 0.25) is 0 Å². The van der Waals surface area contributed by atoms with E-state index in [1.807, 2.05) is 0 Å². The normalized spacial score (nSPS) is 14.6. The van der Waals surface area contributed by atoms with Gasteiger partial charge in [0.1, 0.15) is 12.3 Å². The van der Waals surface area contributed by atoms with Crippen molar-refractivity contribution in [2.24, 2.45) is 0 Å². The SMILES string of the molecule is O=C(NCCN1CCOC1=O)c1cnccn1. The number of nitrogens with zero attached hydrogens (tertiary/aromatic N) is 3. The van der Waals surface area contributed by atoms with Crippen molar-refractivity contribution in [3.63, 3.8) is 0 Å². The van der Waals surface area contributed by atoms with Crippen molar-refractivity contribution in [3.05, 3.63) is 24.3 Å². The Kier molecular flexibility index (Phi) is 3.49. The lowest BCUT2D eigenvalue weighted by Crippen LogP contribution is -2.35. The first kappa shape index (κ1) is 11.3. The first-order valence-corrected chi connectivity index (χ1v) is 5.23. The Bertz CT molecular complexity index is 409. The fourth-order valence-corrected chi connectivity index (χ4v) is 1.44. The molecule has 1 aliphatic heterocycles. The van der Waals surface area contributed by atoms with E-state index in [0.717, 1.165) is 0 Å². The van der Waals surface area contributed by atoms with Gasteiger partial charge in [-0.05, 0) is 0 Å². The summed E-state index contributed by atoms with van der Waals surface area (Å²) < 4.78 is 4.76. The summed E-state index contributed by atoms with van der Waals surface area (Å²) in [4.78, 5) is 31.8. The quantitative estimate of drug-likeness (QED) is 0.773. The molecule has 1 aromatic rings. The number of nitrogens with one attached hydrogen (secondary N) is 1. The second kappa shape index (κ2) is 5.24. The Balaban J connectivity index is 1.75. The summed E-state index contributed by atoms with van der Waals surface area (Å²) in [5.74, 6) is -0.300. The predicted octanol–water partition coefficient (Wildman–Crippen LogP) is -0.341. The highest BCUT2D eigenvalue weighted by Crippen LogP contribution is 2.01. The molecule has 17 heavy (non-hydrogen) atoms. The number of cyclic esters (lactones) is 1. The van der Waals surface area contributed by atoms with Gasteiger partial charge in [0.05, 0.1) is 12.7 Å². The minimum atomic E-state index is -0.334. The second-order valence-corrected chi connectivity index (χ2v) is 3.45. The summed E-state index contributed by atoms with van der Waals surface area (Å²) in [6, 6.07) is 0. The van der Waals surface area contributed by atoms with Crippen molar-refractivity contribution in [3.8, 4) is 0 Å². The van der Waals surface area contributed by atoms with E-state index in [-0.39, 0.29) is 17.7 Å². The Labute approximate surface area is 97.8 Å². The first-order chi connectivity index (χ1) is 8.27. The number of carbonyl (C=O) groups is 2. The molecule has 0 aliphatic carbocycles. The van der Waals surface area contributed by atoms with Crippen LogP contribution in [0, 0.1) is 0 Å². The summed E-state index contributed by atoms with van der Waals surface area (Å²) in [6.45, 7) is 1.78. The highest BCUT2D eigenvalue weighted by molar-refractivity contribution is 5.91. The summed E-state index contributed by atoms with van der Waals surface area (Å²) in [5, 5.41) is 2.66. The van der Waals surface area contributed by atoms with E-state index in [0.29, 0.717) is 26.2 Å². The summed E-state index contributed by atoms with van der Waals surface area (Å²) in [6.07, 6.45) is 4.00. The molecule has 1 fully saturated rings. The fraction of sp³-hybridized carbons (Fsp3) is 0.400. The van der Waals surface area contributed by atoms with E-state index in [1.165, 1.54) is 23.5 Å². The lowest BCUT2D eigenvalue weighted by molar-refractivity contribution is 0.0943. The minimum Gasteiger partial charge on any atom is -0.448 e. The third-order valence-electron chi connectivity index (χ3n) is 2.31. The lowest BCUT2D eigenvalue weighted by Gasteiger charge is -2.12. The third-order valence-corrected chi connectivity index (χ3v) is 2.31. The van der Waals surface area contributed by atoms with Gasteiger partial charge in [0, 0.05) is 25.5 Å². The Morgan fingerprint density at radius 1 is 1.53 bits per heavy atom. The maximum atomic E-state index is 11.6. The van der Waals surface area contributed by atoms with Crippen LogP contribution in [0.3, 0.4) is 0 Å². The molecular weight excluding hydrogens is 224 g/mol. The summed E-state index contributed by atoms with van der Waals surface area (Å²) in [7, 11) is 0. The van der Waals surface area contributed by atoms with E-state index in [1.54, 1.807) is 0 Å². The fourth-order valence-electron chi connectivity index (χ4n) is 1.44. The maximum absolute atomic E-state index is 11.6. The number of ether oxygens (including phenoxy) is 1. The lowest BCUT2D eigenvalue weighted by atomic mass is 10.4. The summed E-state index contributed by atoms with van der Waals surface area (Å²) >= 11 is 0. The van der Waals surface area contributed by atoms with Crippen molar-refractivity contribution in [1.29, 1.82) is 0 Å². The number of hydrogen-bond donors (Lipinski definition) is 1. The van der Waals surface area contributed by atoms with Crippen LogP contribution >= 0.6 is 0 Å². The van der Waals surface area contributed by atoms with Gasteiger partial charge in [-0.3, -0.25) is 9.78 Å². The van der Waals surface area contributed by atoms with E-state index >= 15 is 0 Å². The number of aromatic nitrogens is 2. The van der Waals surface area contributed by atoms with Gasteiger partial charge in [0.15, 0.2) is 0 Å². The number of hydrogen-bond acceptors (Lipinski definition) is 5. The van der Waals surface area contributed by atoms with Crippen LogP contribution in [0.1, 0.15) is 10.5 Å². The molecular formula is C10H12N4O3. The molecule has 0 spiro atoms. The molecule has 1 aliphatic rings. The zero-order valence-corrected chi connectivity index (χ0v) is 9.13. The molecule has 7 heteroatoms. The van der Waals surface area contributed by atoms with Crippen LogP contribution in [-0.2, 0) is 4.74 Å². The predicted molar refractivity (Wildman–Crippen MR) is 57.3 cm³/mol. The highest BCUT2D eigenvalue weighted by Gasteiger charge is 2.21. The molecule has 0 unspecified atom stereocenters. The van der Waals surface area contributed by atoms with Gasteiger partial charge in [-0.1, -0.05) is 0 Å². The molecule has 0 saturated carbocycles. The Hall–Kier alpha value is -2.18. The molecule has 2 amide bonds. The van der Waals surface area contributed by atoms with Crippen molar-refractivity contribution < 1.29 is 14.3 Å². The molecule has 0 bridgehead atoms. The third kappa shape index (κ3) is 2.90. The molecule has 2 heterocycles. The molecule has 0 radical (unpaired) electrons. The van der Waals surface area contributed by atoms with Crippen molar-refractivity contribution >= 4 is 12.0 Å². The first-order valence-electron chi connectivity index (χ1n) is 5.23. The van der Waals surface area contributed by atoms with Crippen LogP contribution in [0.15, 0.2) is 18.6 Å². The van der Waals surface area contributed by atoms with Crippen LogP contribution < -0.4 is 5.32 Å². The molecule has 90 valence electrons. The summed E-state index contributed by atoms with van der Waals surface area (Å²) in [5.41, 5.74) is 0.261. The van der Waals surface area contributed by atoms with Gasteiger partial charge in [0.2, 0.25) is 0 Å². The standard InChI is InChI=1S/C10H12N4O3/c15-9(8-7-11-1-2-12-8)13-3-4-14-5-6-17-10(14)16/h1-2,7H,3-6H2,(H,13,15). The Morgan fingerprint density at radius 2 is 2.41 bits per heavy atom.